The third-order valence-electron chi connectivity index (χ3n) is 6.63. The molecular weight excluding hydrogens is 485 g/mol. The molecule has 2 aliphatic rings. The fraction of sp³-hybridized carbons (Fsp3) is 0.346. The van der Waals surface area contributed by atoms with Crippen molar-refractivity contribution in [3.8, 4) is 0 Å². The summed E-state index contributed by atoms with van der Waals surface area (Å²) in [5, 5.41) is 5.41. The Morgan fingerprint density at radius 1 is 0.857 bits per heavy atom. The highest BCUT2D eigenvalue weighted by atomic mass is 35.5. The molecule has 2 aliphatic heterocycles. The highest BCUT2D eigenvalue weighted by molar-refractivity contribution is 6.42. The Labute approximate surface area is 214 Å². The van der Waals surface area contributed by atoms with Crippen molar-refractivity contribution in [2.45, 2.75) is 26.6 Å². The molecule has 0 atom stereocenters. The zero-order valence-corrected chi connectivity index (χ0v) is 21.1. The summed E-state index contributed by atoms with van der Waals surface area (Å²) in [6.07, 6.45) is 0. The van der Waals surface area contributed by atoms with Crippen molar-refractivity contribution >= 4 is 35.0 Å². The van der Waals surface area contributed by atoms with Crippen LogP contribution in [-0.4, -0.2) is 69.0 Å². The van der Waals surface area contributed by atoms with E-state index < -0.39 is 0 Å². The van der Waals surface area contributed by atoms with Gasteiger partial charge in [0.1, 0.15) is 5.69 Å². The highest BCUT2D eigenvalue weighted by Crippen LogP contribution is 2.24. The molecule has 1 fully saturated rings. The maximum Gasteiger partial charge on any atom is 0.274 e. The van der Waals surface area contributed by atoms with Gasteiger partial charge in [0.25, 0.3) is 11.8 Å². The minimum atomic E-state index is -0.142. The second kappa shape index (κ2) is 10.0. The van der Waals surface area contributed by atoms with Gasteiger partial charge in [0, 0.05) is 51.9 Å². The first-order valence-electron chi connectivity index (χ1n) is 11.8. The van der Waals surface area contributed by atoms with Crippen LogP contribution in [0.4, 0.5) is 0 Å². The number of hydrogen-bond donors (Lipinski definition) is 0. The van der Waals surface area contributed by atoms with Gasteiger partial charge >= 0.3 is 0 Å². The Hall–Kier alpha value is -2.87. The van der Waals surface area contributed by atoms with Crippen molar-refractivity contribution in [2.75, 3.05) is 32.7 Å². The van der Waals surface area contributed by atoms with Gasteiger partial charge in [0.15, 0.2) is 5.69 Å². The van der Waals surface area contributed by atoms with Crippen LogP contribution in [0.25, 0.3) is 0 Å². The van der Waals surface area contributed by atoms with Crippen LogP contribution in [-0.2, 0) is 19.6 Å². The molecule has 0 saturated carbocycles. The summed E-state index contributed by atoms with van der Waals surface area (Å²) in [7, 11) is 0. The average molecular weight is 512 g/mol. The number of rotatable bonds is 5. The normalized spacial score (nSPS) is 16.5. The molecule has 3 heterocycles. The number of fused-ring (bicyclic) bond motifs is 1. The summed E-state index contributed by atoms with van der Waals surface area (Å²) in [4.78, 5) is 32.2. The molecule has 2 amide bonds. The molecule has 0 spiro atoms. The summed E-state index contributed by atoms with van der Waals surface area (Å²) in [6, 6.07) is 15.6. The highest BCUT2D eigenvalue weighted by Gasteiger charge is 2.30. The van der Waals surface area contributed by atoms with E-state index in [1.165, 1.54) is 11.1 Å². The lowest BCUT2D eigenvalue weighted by molar-refractivity contribution is 0.0619. The number of aromatic nitrogens is 2. The van der Waals surface area contributed by atoms with E-state index in [2.05, 4.69) is 41.2 Å². The van der Waals surface area contributed by atoms with Gasteiger partial charge in [-0.05, 0) is 30.2 Å². The van der Waals surface area contributed by atoms with E-state index in [1.807, 2.05) is 11.0 Å². The Bertz CT molecular complexity index is 1250. The maximum absolute atomic E-state index is 13.1. The van der Waals surface area contributed by atoms with Crippen LogP contribution < -0.4 is 0 Å². The first-order chi connectivity index (χ1) is 16.9. The Kier molecular flexibility index (Phi) is 6.82. The third kappa shape index (κ3) is 5.22. The molecule has 0 unspecified atom stereocenters. The van der Waals surface area contributed by atoms with Crippen LogP contribution in [0.15, 0.2) is 48.5 Å². The summed E-state index contributed by atoms with van der Waals surface area (Å²) < 4.78 is 1.65. The van der Waals surface area contributed by atoms with Crippen molar-refractivity contribution < 1.29 is 9.59 Å². The smallest absolute Gasteiger partial charge is 0.274 e. The van der Waals surface area contributed by atoms with Gasteiger partial charge in [-0.1, -0.05) is 59.1 Å². The molecule has 0 radical (unpaired) electrons. The molecule has 7 nitrogen and oxygen atoms in total. The second-order valence-electron chi connectivity index (χ2n) is 9.17. The van der Waals surface area contributed by atoms with Crippen LogP contribution in [0, 0.1) is 6.92 Å². The van der Waals surface area contributed by atoms with Gasteiger partial charge in [-0.3, -0.25) is 19.2 Å². The molecule has 2 aromatic carbocycles. The van der Waals surface area contributed by atoms with E-state index in [1.54, 1.807) is 27.8 Å². The monoisotopic (exact) mass is 511 g/mol. The van der Waals surface area contributed by atoms with Crippen LogP contribution in [0.1, 0.15) is 37.7 Å². The number of amides is 2. The van der Waals surface area contributed by atoms with Crippen LogP contribution in [0.5, 0.6) is 0 Å². The summed E-state index contributed by atoms with van der Waals surface area (Å²) in [5.74, 6) is -0.262. The molecule has 1 saturated heterocycles. The van der Waals surface area contributed by atoms with Crippen LogP contribution in [0.2, 0.25) is 10.0 Å². The number of nitrogens with zero attached hydrogens (tertiary/aromatic N) is 5. The van der Waals surface area contributed by atoms with Crippen molar-refractivity contribution in [2.24, 2.45) is 0 Å². The largest absolute Gasteiger partial charge is 0.335 e. The lowest BCUT2D eigenvalue weighted by Crippen LogP contribution is -2.48. The molecule has 9 heteroatoms. The lowest BCUT2D eigenvalue weighted by atomic mass is 10.1. The number of piperazine rings is 1. The third-order valence-corrected chi connectivity index (χ3v) is 7.37. The Morgan fingerprint density at radius 3 is 2.29 bits per heavy atom. The maximum atomic E-state index is 13.1. The lowest BCUT2D eigenvalue weighted by Gasteiger charge is -2.34. The first kappa shape index (κ1) is 23.9. The van der Waals surface area contributed by atoms with Crippen molar-refractivity contribution in [1.82, 2.24) is 24.5 Å². The predicted molar refractivity (Wildman–Crippen MR) is 136 cm³/mol. The van der Waals surface area contributed by atoms with E-state index in [4.69, 9.17) is 23.2 Å². The van der Waals surface area contributed by atoms with Gasteiger partial charge in [-0.25, -0.2) is 0 Å². The second-order valence-corrected chi connectivity index (χ2v) is 9.98. The van der Waals surface area contributed by atoms with Gasteiger partial charge in [0.05, 0.1) is 16.6 Å². The molecule has 182 valence electrons. The number of carbonyl (C=O) groups excluding carboxylic acids is 2. The molecule has 0 N–H and O–H groups in total. The molecule has 35 heavy (non-hydrogen) atoms. The van der Waals surface area contributed by atoms with E-state index in [0.717, 1.165) is 25.2 Å². The average Bonchev–Trinajstić information content (AvgIpc) is 3.30. The first-order valence-corrected chi connectivity index (χ1v) is 12.5. The number of benzene rings is 2. The van der Waals surface area contributed by atoms with E-state index in [-0.39, 0.29) is 11.8 Å². The van der Waals surface area contributed by atoms with Gasteiger partial charge in [0.2, 0.25) is 0 Å². The molecule has 3 aromatic rings. The van der Waals surface area contributed by atoms with Gasteiger partial charge in [-0.15, -0.1) is 0 Å². The number of halogens is 2. The quantitative estimate of drug-likeness (QED) is 0.517. The summed E-state index contributed by atoms with van der Waals surface area (Å²) >= 11 is 12.1. The molecule has 1 aromatic heterocycles. The van der Waals surface area contributed by atoms with E-state index in [9.17, 15) is 9.59 Å². The summed E-state index contributed by atoms with van der Waals surface area (Å²) in [6.45, 7) is 7.35. The minimum absolute atomic E-state index is 0.120. The number of carbonyl (C=O) groups is 2. The van der Waals surface area contributed by atoms with E-state index in [0.29, 0.717) is 54.2 Å². The van der Waals surface area contributed by atoms with E-state index >= 15 is 0 Å². The van der Waals surface area contributed by atoms with Crippen LogP contribution >= 0.6 is 23.2 Å². The van der Waals surface area contributed by atoms with Gasteiger partial charge in [-0.2, -0.15) is 5.10 Å². The zero-order valence-electron chi connectivity index (χ0n) is 19.6. The standard InChI is InChI=1S/C26H27Cl2N5O2/c1-18-2-4-19(5-3-18)16-30-8-10-31(11-9-30)25(34)23-15-24-26(35)32(12-13-33(24)29-23)17-20-6-7-21(27)22(28)14-20/h2-7,14-15H,8-13,16-17H2,1H3. The fourth-order valence-electron chi connectivity index (χ4n) is 4.57. The van der Waals surface area contributed by atoms with Crippen molar-refractivity contribution in [3.05, 3.63) is 86.7 Å². The topological polar surface area (TPSA) is 61.7 Å². The number of aryl methyl sites for hydroxylation is 1. The minimum Gasteiger partial charge on any atom is -0.335 e. The Balaban J connectivity index is 1.20. The molecule has 0 aliphatic carbocycles. The van der Waals surface area contributed by atoms with Crippen LogP contribution in [0.3, 0.4) is 0 Å². The van der Waals surface area contributed by atoms with Crippen molar-refractivity contribution in [3.63, 3.8) is 0 Å². The molecule has 0 bridgehead atoms. The fourth-order valence-corrected chi connectivity index (χ4v) is 4.90. The Morgan fingerprint density at radius 2 is 1.57 bits per heavy atom. The zero-order chi connectivity index (χ0) is 24.5. The predicted octanol–water partition coefficient (Wildman–Crippen LogP) is 4.11. The molecule has 5 rings (SSSR count). The number of hydrogen-bond acceptors (Lipinski definition) is 4. The SMILES string of the molecule is Cc1ccc(CN2CCN(C(=O)c3cc4n(n3)CCN(Cc3ccc(Cl)c(Cl)c3)C4=O)CC2)cc1. The van der Waals surface area contributed by atoms with Crippen molar-refractivity contribution in [1.29, 1.82) is 0 Å². The van der Waals surface area contributed by atoms with Gasteiger partial charge < -0.3 is 9.80 Å². The molecular formula is C26H27Cl2N5O2. The summed E-state index contributed by atoms with van der Waals surface area (Å²) in [5.41, 5.74) is 4.21.